The minimum absolute atomic E-state index is 0.552. The van der Waals surface area contributed by atoms with Gasteiger partial charge in [-0.1, -0.05) is 0 Å². The maximum Gasteiger partial charge on any atom is 0.0696 e. The summed E-state index contributed by atoms with van der Waals surface area (Å²) in [6, 6.07) is 0. The molecule has 2 saturated heterocycles. The SMILES string of the molecule is [CH]1CCSC1C1CCCCO1. The van der Waals surface area contributed by atoms with Gasteiger partial charge in [0.15, 0.2) is 0 Å². The van der Waals surface area contributed by atoms with Crippen LogP contribution in [0.25, 0.3) is 0 Å². The molecule has 2 aliphatic rings. The predicted molar refractivity (Wildman–Crippen MR) is 48.8 cm³/mol. The Kier molecular flexibility index (Phi) is 2.75. The van der Waals surface area contributed by atoms with Gasteiger partial charge in [0.05, 0.1) is 6.10 Å². The van der Waals surface area contributed by atoms with Crippen LogP contribution in [0.5, 0.6) is 0 Å². The molecule has 2 rings (SSSR count). The highest BCUT2D eigenvalue weighted by atomic mass is 32.2. The first-order valence-corrected chi connectivity index (χ1v) is 5.58. The molecular weight excluding hydrogens is 156 g/mol. The Morgan fingerprint density at radius 2 is 2.36 bits per heavy atom. The fraction of sp³-hybridized carbons (Fsp3) is 0.889. The van der Waals surface area contributed by atoms with Crippen molar-refractivity contribution in [2.45, 2.75) is 37.0 Å². The molecular formula is C9H15OS. The fourth-order valence-corrected chi connectivity index (χ4v) is 3.03. The molecule has 2 aliphatic heterocycles. The number of ether oxygens (including phenoxy) is 1. The predicted octanol–water partition coefficient (Wildman–Crippen LogP) is 2.27. The Morgan fingerprint density at radius 3 is 3.00 bits per heavy atom. The van der Waals surface area contributed by atoms with Crippen LogP contribution in [0, 0.1) is 6.42 Å². The van der Waals surface area contributed by atoms with E-state index in [4.69, 9.17) is 4.74 Å². The van der Waals surface area contributed by atoms with Crippen molar-refractivity contribution in [1.29, 1.82) is 0 Å². The minimum Gasteiger partial charge on any atom is -0.377 e. The van der Waals surface area contributed by atoms with Crippen LogP contribution >= 0.6 is 11.8 Å². The van der Waals surface area contributed by atoms with Crippen molar-refractivity contribution in [3.63, 3.8) is 0 Å². The maximum absolute atomic E-state index is 5.71. The van der Waals surface area contributed by atoms with E-state index < -0.39 is 0 Å². The summed E-state index contributed by atoms with van der Waals surface area (Å²) < 4.78 is 5.71. The molecule has 0 N–H and O–H groups in total. The Bertz CT molecular complexity index is 115. The van der Waals surface area contributed by atoms with Gasteiger partial charge in [0, 0.05) is 11.9 Å². The second-order valence-electron chi connectivity index (χ2n) is 3.26. The molecule has 0 aliphatic carbocycles. The topological polar surface area (TPSA) is 9.23 Å². The van der Waals surface area contributed by atoms with E-state index in [1.165, 1.54) is 31.4 Å². The lowest BCUT2D eigenvalue weighted by molar-refractivity contribution is 0.0200. The average molecular weight is 171 g/mol. The second kappa shape index (κ2) is 3.81. The zero-order valence-electron chi connectivity index (χ0n) is 6.79. The molecule has 0 amide bonds. The van der Waals surface area contributed by atoms with Crippen LogP contribution in [-0.4, -0.2) is 23.7 Å². The number of rotatable bonds is 1. The maximum atomic E-state index is 5.71. The molecule has 0 aromatic heterocycles. The van der Waals surface area contributed by atoms with Crippen LogP contribution in [0.4, 0.5) is 0 Å². The van der Waals surface area contributed by atoms with E-state index in [-0.39, 0.29) is 0 Å². The van der Waals surface area contributed by atoms with Gasteiger partial charge >= 0.3 is 0 Å². The zero-order valence-corrected chi connectivity index (χ0v) is 7.61. The third-order valence-electron chi connectivity index (χ3n) is 2.41. The lowest BCUT2D eigenvalue weighted by atomic mass is 10.0. The van der Waals surface area contributed by atoms with Gasteiger partial charge in [-0.2, -0.15) is 11.8 Å². The summed E-state index contributed by atoms with van der Waals surface area (Å²) in [6.45, 7) is 0.996. The summed E-state index contributed by atoms with van der Waals surface area (Å²) in [5, 5.41) is 0.718. The minimum atomic E-state index is 0.552. The van der Waals surface area contributed by atoms with Crippen molar-refractivity contribution < 1.29 is 4.74 Å². The van der Waals surface area contributed by atoms with Crippen molar-refractivity contribution in [1.82, 2.24) is 0 Å². The molecule has 0 spiro atoms. The van der Waals surface area contributed by atoms with Gasteiger partial charge in [-0.05, 0) is 37.9 Å². The molecule has 0 aromatic rings. The van der Waals surface area contributed by atoms with Gasteiger partial charge in [0.1, 0.15) is 0 Å². The van der Waals surface area contributed by atoms with Crippen LogP contribution in [0.3, 0.4) is 0 Å². The largest absolute Gasteiger partial charge is 0.377 e. The summed E-state index contributed by atoms with van der Waals surface area (Å²) in [5.74, 6) is 1.31. The highest BCUT2D eigenvalue weighted by molar-refractivity contribution is 8.00. The first-order chi connectivity index (χ1) is 5.47. The fourth-order valence-electron chi connectivity index (χ4n) is 1.79. The summed E-state index contributed by atoms with van der Waals surface area (Å²) >= 11 is 2.07. The molecule has 2 heteroatoms. The summed E-state index contributed by atoms with van der Waals surface area (Å²) in [7, 11) is 0. The molecule has 2 fully saturated rings. The van der Waals surface area contributed by atoms with E-state index >= 15 is 0 Å². The van der Waals surface area contributed by atoms with Crippen LogP contribution < -0.4 is 0 Å². The number of thioether (sulfide) groups is 1. The van der Waals surface area contributed by atoms with E-state index in [1.54, 1.807) is 0 Å². The van der Waals surface area contributed by atoms with Gasteiger partial charge in [-0.15, -0.1) is 0 Å². The Hall–Kier alpha value is 0.310. The van der Waals surface area contributed by atoms with Crippen LogP contribution in [0.15, 0.2) is 0 Å². The standard InChI is InChI=1S/C9H15OS/c1-2-6-10-8(4-1)9-5-3-7-11-9/h5,8-9H,1-4,6-7H2. The highest BCUT2D eigenvalue weighted by Gasteiger charge is 2.27. The lowest BCUT2D eigenvalue weighted by Crippen LogP contribution is -2.28. The number of hydrogen-bond donors (Lipinski definition) is 0. The van der Waals surface area contributed by atoms with E-state index in [1.807, 2.05) is 0 Å². The van der Waals surface area contributed by atoms with Crippen molar-refractivity contribution in [2.75, 3.05) is 12.4 Å². The third kappa shape index (κ3) is 1.91. The van der Waals surface area contributed by atoms with Crippen molar-refractivity contribution in [3.8, 4) is 0 Å². The molecule has 2 heterocycles. The number of hydrogen-bond acceptors (Lipinski definition) is 2. The Balaban J connectivity index is 1.82. The van der Waals surface area contributed by atoms with Crippen LogP contribution in [0.1, 0.15) is 25.7 Å². The van der Waals surface area contributed by atoms with Crippen molar-refractivity contribution in [3.05, 3.63) is 6.42 Å². The monoisotopic (exact) mass is 171 g/mol. The Morgan fingerprint density at radius 1 is 1.36 bits per heavy atom. The van der Waals surface area contributed by atoms with Gasteiger partial charge in [-0.25, -0.2) is 0 Å². The second-order valence-corrected chi connectivity index (χ2v) is 4.55. The average Bonchev–Trinajstić information content (AvgIpc) is 2.58. The molecule has 63 valence electrons. The Labute approximate surface area is 72.9 Å². The van der Waals surface area contributed by atoms with Crippen molar-refractivity contribution in [2.24, 2.45) is 0 Å². The normalized spacial score (nSPS) is 39.3. The van der Waals surface area contributed by atoms with Crippen LogP contribution in [0.2, 0.25) is 0 Å². The molecule has 0 aromatic carbocycles. The first-order valence-electron chi connectivity index (χ1n) is 4.53. The molecule has 1 nitrogen and oxygen atoms in total. The molecule has 2 atom stereocenters. The summed E-state index contributed by atoms with van der Waals surface area (Å²) in [5.41, 5.74) is 0. The van der Waals surface area contributed by atoms with E-state index in [2.05, 4.69) is 18.2 Å². The summed E-state index contributed by atoms with van der Waals surface area (Å²) in [4.78, 5) is 0. The quantitative estimate of drug-likeness (QED) is 0.598. The smallest absolute Gasteiger partial charge is 0.0696 e. The molecule has 0 saturated carbocycles. The van der Waals surface area contributed by atoms with Crippen LogP contribution in [-0.2, 0) is 4.74 Å². The van der Waals surface area contributed by atoms with Gasteiger partial charge < -0.3 is 4.74 Å². The van der Waals surface area contributed by atoms with Crippen molar-refractivity contribution >= 4 is 11.8 Å². The molecule has 2 unspecified atom stereocenters. The van der Waals surface area contributed by atoms with E-state index in [0.29, 0.717) is 6.10 Å². The van der Waals surface area contributed by atoms with Gasteiger partial charge in [0.25, 0.3) is 0 Å². The van der Waals surface area contributed by atoms with Gasteiger partial charge in [0.2, 0.25) is 0 Å². The molecule has 0 bridgehead atoms. The van der Waals surface area contributed by atoms with E-state index in [0.717, 1.165) is 11.9 Å². The third-order valence-corrected chi connectivity index (χ3v) is 3.76. The van der Waals surface area contributed by atoms with Gasteiger partial charge in [-0.3, -0.25) is 0 Å². The first kappa shape index (κ1) is 7.93. The zero-order chi connectivity index (χ0) is 7.52. The summed E-state index contributed by atoms with van der Waals surface area (Å²) in [6.07, 6.45) is 8.20. The molecule has 1 radical (unpaired) electrons. The lowest BCUT2D eigenvalue weighted by Gasteiger charge is -2.26. The molecule has 11 heavy (non-hydrogen) atoms. The van der Waals surface area contributed by atoms with E-state index in [9.17, 15) is 0 Å². The highest BCUT2D eigenvalue weighted by Crippen LogP contribution is 2.32.